The highest BCUT2D eigenvalue weighted by molar-refractivity contribution is 5.40. The number of aryl methyl sites for hydroxylation is 1. The smallest absolute Gasteiger partial charge is 0.457 e. The van der Waals surface area contributed by atoms with Gasteiger partial charge < -0.3 is 10.2 Å². The fourth-order valence-electron chi connectivity index (χ4n) is 5.96. The van der Waals surface area contributed by atoms with Crippen molar-refractivity contribution in [1.29, 1.82) is 0 Å². The summed E-state index contributed by atoms with van der Waals surface area (Å²) < 4.78 is 37.8. The molecule has 1 aromatic rings. The molecule has 2 saturated carbocycles. The number of phenols is 1. The Morgan fingerprint density at radius 2 is 1.92 bits per heavy atom. The summed E-state index contributed by atoms with van der Waals surface area (Å²) in [4.78, 5) is 0. The maximum absolute atomic E-state index is 12.6. The van der Waals surface area contributed by atoms with Gasteiger partial charge in [0.05, 0.1) is 0 Å². The van der Waals surface area contributed by atoms with Crippen LogP contribution in [0.5, 0.6) is 5.75 Å². The van der Waals surface area contributed by atoms with Gasteiger partial charge in [-0.05, 0) is 79.5 Å². The van der Waals surface area contributed by atoms with Crippen LogP contribution in [0.3, 0.4) is 0 Å². The van der Waals surface area contributed by atoms with Gasteiger partial charge in [0.25, 0.3) is 0 Å². The zero-order chi connectivity index (χ0) is 18.7. The van der Waals surface area contributed by atoms with E-state index in [1.807, 2.05) is 19.1 Å². The summed E-state index contributed by atoms with van der Waals surface area (Å²) in [7, 11) is 0. The third-order valence-corrected chi connectivity index (χ3v) is 7.27. The predicted octanol–water partition coefficient (Wildman–Crippen LogP) is 4.55. The maximum atomic E-state index is 12.6. The van der Waals surface area contributed by atoms with Crippen LogP contribution in [0, 0.1) is 29.1 Å². The van der Waals surface area contributed by atoms with Crippen molar-refractivity contribution in [3.05, 3.63) is 29.3 Å². The highest BCUT2D eigenvalue weighted by atomic mass is 19.4. The molecular formula is C21H23F3O2. The number of hydrogen-bond acceptors (Lipinski definition) is 2. The first-order valence-corrected chi connectivity index (χ1v) is 9.28. The second kappa shape index (κ2) is 5.66. The Kier molecular flexibility index (Phi) is 3.86. The average molecular weight is 364 g/mol. The monoisotopic (exact) mass is 364 g/mol. The molecule has 2 N–H and O–H groups in total. The summed E-state index contributed by atoms with van der Waals surface area (Å²) in [5.74, 6) is 4.70. The fourth-order valence-corrected chi connectivity index (χ4v) is 5.96. The predicted molar refractivity (Wildman–Crippen MR) is 91.5 cm³/mol. The van der Waals surface area contributed by atoms with E-state index in [0.29, 0.717) is 31.1 Å². The van der Waals surface area contributed by atoms with Crippen molar-refractivity contribution in [3.8, 4) is 17.6 Å². The molecule has 0 amide bonds. The number of aliphatic hydroxyl groups is 1. The van der Waals surface area contributed by atoms with E-state index >= 15 is 0 Å². The van der Waals surface area contributed by atoms with E-state index in [1.165, 1.54) is 17.0 Å². The zero-order valence-electron chi connectivity index (χ0n) is 14.7. The first-order valence-electron chi connectivity index (χ1n) is 9.28. The molecule has 0 spiro atoms. The van der Waals surface area contributed by atoms with Crippen molar-refractivity contribution >= 4 is 0 Å². The summed E-state index contributed by atoms with van der Waals surface area (Å²) >= 11 is 0. The number of phenolic OH excluding ortho intramolecular Hbond substituents is 1. The number of aromatic hydroxyl groups is 1. The Hall–Kier alpha value is -1.67. The number of alkyl halides is 3. The molecule has 5 atom stereocenters. The second-order valence-corrected chi connectivity index (χ2v) is 8.40. The first kappa shape index (κ1) is 17.7. The lowest BCUT2D eigenvalue weighted by molar-refractivity contribution is -0.0768. The largest absolute Gasteiger partial charge is 0.508 e. The Balaban J connectivity index is 1.66. The lowest BCUT2D eigenvalue weighted by Crippen LogP contribution is -2.50. The number of benzene rings is 1. The molecule has 26 heavy (non-hydrogen) atoms. The average Bonchev–Trinajstić information content (AvgIpc) is 2.84. The lowest BCUT2D eigenvalue weighted by Gasteiger charge is -2.52. The highest BCUT2D eigenvalue weighted by Crippen LogP contribution is 2.64. The molecule has 0 aromatic heterocycles. The Morgan fingerprint density at radius 3 is 2.65 bits per heavy atom. The van der Waals surface area contributed by atoms with Crippen LogP contribution in [-0.4, -0.2) is 22.0 Å². The number of halogens is 3. The van der Waals surface area contributed by atoms with Gasteiger partial charge in [0.2, 0.25) is 0 Å². The first-order chi connectivity index (χ1) is 12.1. The van der Waals surface area contributed by atoms with Crippen LogP contribution >= 0.6 is 0 Å². The lowest BCUT2D eigenvalue weighted by atomic mass is 9.53. The molecule has 3 aliphatic carbocycles. The molecule has 1 aromatic carbocycles. The van der Waals surface area contributed by atoms with Gasteiger partial charge in [0.1, 0.15) is 11.4 Å². The van der Waals surface area contributed by atoms with Gasteiger partial charge in [-0.25, -0.2) is 0 Å². The van der Waals surface area contributed by atoms with Gasteiger partial charge >= 0.3 is 6.18 Å². The summed E-state index contributed by atoms with van der Waals surface area (Å²) in [6.07, 6.45) is -0.230. The molecule has 140 valence electrons. The van der Waals surface area contributed by atoms with Gasteiger partial charge in [0, 0.05) is 11.3 Å². The molecular weight excluding hydrogens is 341 g/mol. The topological polar surface area (TPSA) is 40.5 Å². The van der Waals surface area contributed by atoms with Crippen LogP contribution in [0.2, 0.25) is 0 Å². The van der Waals surface area contributed by atoms with Crippen molar-refractivity contribution in [3.63, 3.8) is 0 Å². The van der Waals surface area contributed by atoms with Crippen molar-refractivity contribution in [2.24, 2.45) is 17.3 Å². The fraction of sp³-hybridized carbons (Fsp3) is 0.619. The minimum Gasteiger partial charge on any atom is -0.508 e. The summed E-state index contributed by atoms with van der Waals surface area (Å²) in [6, 6.07) is 5.54. The standard InChI is InChI=1S/C21H23F3O2/c1-19-8-6-16-15-5-3-14(25)12-13(15)2-4-17(16)18(19)7-9-20(19,26)10-11-21(22,23)24/h3,5,12,16-18,25-26H,2,4,6-9H2,1H3/t16-,17-,18+,19+,20-/m1/s1. The Bertz CT molecular complexity index is 791. The second-order valence-electron chi connectivity index (χ2n) is 8.40. The van der Waals surface area contributed by atoms with Crippen LogP contribution in [0.15, 0.2) is 18.2 Å². The Morgan fingerprint density at radius 1 is 1.15 bits per heavy atom. The minimum absolute atomic E-state index is 0.177. The molecule has 3 aliphatic rings. The summed E-state index contributed by atoms with van der Waals surface area (Å²) in [5, 5.41) is 20.8. The maximum Gasteiger partial charge on any atom is 0.457 e. The zero-order valence-corrected chi connectivity index (χ0v) is 14.7. The number of hydrogen-bond donors (Lipinski definition) is 2. The quantitative estimate of drug-likeness (QED) is 0.664. The van der Waals surface area contributed by atoms with Crippen molar-refractivity contribution in [2.45, 2.75) is 63.1 Å². The molecule has 2 nitrogen and oxygen atoms in total. The summed E-state index contributed by atoms with van der Waals surface area (Å²) in [6.45, 7) is 1.93. The van der Waals surface area contributed by atoms with Crippen LogP contribution in [0.1, 0.15) is 56.1 Å². The third kappa shape index (κ3) is 2.62. The van der Waals surface area contributed by atoms with Gasteiger partial charge in [-0.2, -0.15) is 13.2 Å². The van der Waals surface area contributed by atoms with E-state index in [2.05, 4.69) is 5.92 Å². The van der Waals surface area contributed by atoms with E-state index < -0.39 is 17.2 Å². The number of rotatable bonds is 0. The van der Waals surface area contributed by atoms with Gasteiger partial charge in [-0.15, -0.1) is 0 Å². The van der Waals surface area contributed by atoms with E-state index in [9.17, 15) is 23.4 Å². The van der Waals surface area contributed by atoms with Crippen molar-refractivity contribution in [1.82, 2.24) is 0 Å². The van der Waals surface area contributed by atoms with E-state index in [0.717, 1.165) is 19.3 Å². The molecule has 0 bridgehead atoms. The highest BCUT2D eigenvalue weighted by Gasteiger charge is 2.61. The van der Waals surface area contributed by atoms with Crippen LogP contribution in [-0.2, 0) is 6.42 Å². The normalized spacial score (nSPS) is 38.6. The Labute approximate surface area is 151 Å². The number of fused-ring (bicyclic) bond motifs is 5. The van der Waals surface area contributed by atoms with Crippen LogP contribution in [0.4, 0.5) is 13.2 Å². The molecule has 0 radical (unpaired) electrons. The van der Waals surface area contributed by atoms with Crippen molar-refractivity contribution in [2.75, 3.05) is 0 Å². The van der Waals surface area contributed by atoms with Gasteiger partial charge in [-0.1, -0.05) is 18.9 Å². The molecule has 0 saturated heterocycles. The molecule has 5 heteroatoms. The van der Waals surface area contributed by atoms with Crippen LogP contribution < -0.4 is 0 Å². The minimum atomic E-state index is -4.58. The van der Waals surface area contributed by atoms with E-state index in [4.69, 9.17) is 0 Å². The molecule has 0 aliphatic heterocycles. The molecule has 0 unspecified atom stereocenters. The van der Waals surface area contributed by atoms with E-state index in [-0.39, 0.29) is 11.7 Å². The van der Waals surface area contributed by atoms with Gasteiger partial charge in [-0.3, -0.25) is 0 Å². The van der Waals surface area contributed by atoms with Gasteiger partial charge in [0.15, 0.2) is 0 Å². The molecule has 0 heterocycles. The third-order valence-electron chi connectivity index (χ3n) is 7.27. The van der Waals surface area contributed by atoms with E-state index in [1.54, 1.807) is 6.07 Å². The molecule has 4 rings (SSSR count). The van der Waals surface area contributed by atoms with Crippen molar-refractivity contribution < 1.29 is 23.4 Å². The molecule has 2 fully saturated rings. The SMILES string of the molecule is C[C@]12CC[C@@H]3c4ccc(O)cc4CC[C@H]3[C@@H]1CC[C@@]2(O)C#CC(F)(F)F. The van der Waals surface area contributed by atoms with Crippen LogP contribution in [0.25, 0.3) is 0 Å². The summed E-state index contributed by atoms with van der Waals surface area (Å²) in [5.41, 5.74) is 0.284.